The van der Waals surface area contributed by atoms with Crippen molar-refractivity contribution < 1.29 is 9.18 Å². The fourth-order valence-electron chi connectivity index (χ4n) is 2.57. The SMILES string of the molecule is C=CCN(C)Cc1nccn1Cc1ccc(Cl)c(Cl)c1.O=Cc1ccccc1F. The molecule has 0 bridgehead atoms. The highest BCUT2D eigenvalue weighted by atomic mass is 35.5. The molecule has 3 rings (SSSR count). The van der Waals surface area contributed by atoms with Gasteiger partial charge in [-0.1, -0.05) is 47.5 Å². The second kappa shape index (κ2) is 11.5. The van der Waals surface area contributed by atoms with Gasteiger partial charge in [0.25, 0.3) is 0 Å². The van der Waals surface area contributed by atoms with E-state index in [1.807, 2.05) is 43.7 Å². The Balaban J connectivity index is 0.000000278. The monoisotopic (exact) mass is 433 g/mol. The van der Waals surface area contributed by atoms with Gasteiger partial charge >= 0.3 is 0 Å². The molecule has 0 atom stereocenters. The highest BCUT2D eigenvalue weighted by molar-refractivity contribution is 6.42. The number of carbonyl (C=O) groups excluding carboxylic acids is 1. The minimum atomic E-state index is -0.465. The van der Waals surface area contributed by atoms with Crippen LogP contribution in [0.4, 0.5) is 4.39 Å². The van der Waals surface area contributed by atoms with Crippen molar-refractivity contribution in [2.24, 2.45) is 0 Å². The maximum Gasteiger partial charge on any atom is 0.152 e. The van der Waals surface area contributed by atoms with E-state index in [1.54, 1.807) is 12.1 Å². The lowest BCUT2D eigenvalue weighted by atomic mass is 10.2. The third kappa shape index (κ3) is 7.13. The van der Waals surface area contributed by atoms with Crippen LogP contribution in [0.2, 0.25) is 10.0 Å². The van der Waals surface area contributed by atoms with Crippen molar-refractivity contribution in [2.45, 2.75) is 13.1 Å². The van der Waals surface area contributed by atoms with Crippen molar-refractivity contribution in [1.82, 2.24) is 14.5 Å². The molecule has 29 heavy (non-hydrogen) atoms. The number of benzene rings is 2. The largest absolute Gasteiger partial charge is 0.329 e. The summed E-state index contributed by atoms with van der Waals surface area (Å²) < 4.78 is 14.5. The number of imidazole rings is 1. The molecule has 1 heterocycles. The molecule has 2 aromatic carbocycles. The van der Waals surface area contributed by atoms with Crippen LogP contribution in [0.3, 0.4) is 0 Å². The molecule has 3 aromatic rings. The van der Waals surface area contributed by atoms with Gasteiger partial charge in [0.05, 0.1) is 22.2 Å². The molecule has 0 aliphatic rings. The predicted molar refractivity (Wildman–Crippen MR) is 116 cm³/mol. The molecule has 7 heteroatoms. The maximum absolute atomic E-state index is 12.4. The summed E-state index contributed by atoms with van der Waals surface area (Å²) in [6.45, 7) is 6.08. The number of nitrogens with zero attached hydrogens (tertiary/aromatic N) is 3. The summed E-state index contributed by atoms with van der Waals surface area (Å²) in [5.41, 5.74) is 1.21. The Morgan fingerprint density at radius 2 is 1.97 bits per heavy atom. The van der Waals surface area contributed by atoms with E-state index >= 15 is 0 Å². The van der Waals surface area contributed by atoms with E-state index in [9.17, 15) is 9.18 Å². The Kier molecular flexibility index (Phi) is 9.06. The van der Waals surface area contributed by atoms with Gasteiger partial charge in [-0.15, -0.1) is 6.58 Å². The highest BCUT2D eigenvalue weighted by Gasteiger charge is 2.07. The molecule has 0 radical (unpaired) electrons. The van der Waals surface area contributed by atoms with Crippen LogP contribution in [0.25, 0.3) is 0 Å². The summed E-state index contributed by atoms with van der Waals surface area (Å²) in [6.07, 6.45) is 6.16. The number of hydrogen-bond acceptors (Lipinski definition) is 3. The molecule has 1 aromatic heterocycles. The van der Waals surface area contributed by atoms with Crippen LogP contribution >= 0.6 is 23.2 Å². The summed E-state index contributed by atoms with van der Waals surface area (Å²) in [5.74, 6) is 0.549. The molecule has 0 unspecified atom stereocenters. The van der Waals surface area contributed by atoms with E-state index in [1.165, 1.54) is 12.1 Å². The summed E-state index contributed by atoms with van der Waals surface area (Å²) >= 11 is 12.0. The molecule has 0 aliphatic heterocycles. The smallest absolute Gasteiger partial charge is 0.152 e. The number of aromatic nitrogens is 2. The van der Waals surface area contributed by atoms with Gasteiger partial charge in [-0.3, -0.25) is 9.69 Å². The van der Waals surface area contributed by atoms with Gasteiger partial charge in [0, 0.05) is 25.5 Å². The maximum atomic E-state index is 12.4. The lowest BCUT2D eigenvalue weighted by Crippen LogP contribution is -2.20. The van der Waals surface area contributed by atoms with Gasteiger partial charge in [0.1, 0.15) is 11.6 Å². The molecule has 0 spiro atoms. The Hall–Kier alpha value is -2.47. The Morgan fingerprint density at radius 1 is 1.21 bits per heavy atom. The van der Waals surface area contributed by atoms with Crippen molar-refractivity contribution in [2.75, 3.05) is 13.6 Å². The van der Waals surface area contributed by atoms with Crippen LogP contribution in [0.15, 0.2) is 67.5 Å². The normalized spacial score (nSPS) is 10.4. The summed E-state index contributed by atoms with van der Waals surface area (Å²) in [4.78, 5) is 16.5. The van der Waals surface area contributed by atoms with Gasteiger partial charge in [-0.05, 0) is 36.9 Å². The predicted octanol–water partition coefficient (Wildman–Crippen LogP) is 5.49. The van der Waals surface area contributed by atoms with Gasteiger partial charge in [-0.25, -0.2) is 9.37 Å². The van der Waals surface area contributed by atoms with E-state index in [0.717, 1.165) is 31.0 Å². The molecule has 0 amide bonds. The van der Waals surface area contributed by atoms with Gasteiger partial charge in [-0.2, -0.15) is 0 Å². The summed E-state index contributed by atoms with van der Waals surface area (Å²) in [5, 5.41) is 1.15. The minimum Gasteiger partial charge on any atom is -0.329 e. The number of aldehydes is 1. The van der Waals surface area contributed by atoms with E-state index in [-0.39, 0.29) is 5.56 Å². The Bertz CT molecular complexity index is 959. The van der Waals surface area contributed by atoms with Crippen molar-refractivity contribution in [3.63, 3.8) is 0 Å². The van der Waals surface area contributed by atoms with Crippen LogP contribution in [0.5, 0.6) is 0 Å². The number of carbonyl (C=O) groups is 1. The van der Waals surface area contributed by atoms with Gasteiger partial charge in [0.2, 0.25) is 0 Å². The summed E-state index contributed by atoms with van der Waals surface area (Å²) in [6, 6.07) is 11.5. The first-order valence-electron chi connectivity index (χ1n) is 8.87. The minimum absolute atomic E-state index is 0.109. The lowest BCUT2D eigenvalue weighted by Gasteiger charge is -2.15. The first kappa shape index (κ1) is 22.8. The first-order valence-corrected chi connectivity index (χ1v) is 9.63. The average Bonchev–Trinajstić information content (AvgIpc) is 3.12. The third-order valence-electron chi connectivity index (χ3n) is 4.02. The molecule has 0 saturated heterocycles. The van der Waals surface area contributed by atoms with Crippen molar-refractivity contribution >= 4 is 29.5 Å². The molecular formula is C22H22Cl2FN3O. The quantitative estimate of drug-likeness (QED) is 0.364. The third-order valence-corrected chi connectivity index (χ3v) is 4.76. The van der Waals surface area contributed by atoms with Crippen molar-refractivity contribution in [3.8, 4) is 0 Å². The van der Waals surface area contributed by atoms with Gasteiger partial charge < -0.3 is 4.57 Å². The van der Waals surface area contributed by atoms with E-state index < -0.39 is 5.82 Å². The number of hydrogen-bond donors (Lipinski definition) is 0. The van der Waals surface area contributed by atoms with Crippen molar-refractivity contribution in [1.29, 1.82) is 0 Å². The van der Waals surface area contributed by atoms with Crippen LogP contribution in [0.1, 0.15) is 21.7 Å². The molecule has 152 valence electrons. The standard InChI is InChI=1S/C15H17Cl2N3.C7H5FO/c1-3-7-19(2)11-15-18-6-8-20(15)10-12-4-5-13(16)14(17)9-12;8-7-4-2-1-3-6(7)5-9/h3-6,8-9H,1,7,10-11H2,2H3;1-5H. The molecule has 0 N–H and O–H groups in total. The zero-order chi connectivity index (χ0) is 21.2. The lowest BCUT2D eigenvalue weighted by molar-refractivity contribution is 0.112. The second-order valence-corrected chi connectivity index (χ2v) is 7.16. The fraction of sp³-hybridized carbons (Fsp3) is 0.182. The van der Waals surface area contributed by atoms with Gasteiger partial charge in [0.15, 0.2) is 6.29 Å². The summed E-state index contributed by atoms with van der Waals surface area (Å²) in [7, 11) is 2.04. The second-order valence-electron chi connectivity index (χ2n) is 6.34. The highest BCUT2D eigenvalue weighted by Crippen LogP contribution is 2.23. The topological polar surface area (TPSA) is 38.1 Å². The number of halogens is 3. The average molecular weight is 434 g/mol. The van der Waals surface area contributed by atoms with E-state index in [2.05, 4.69) is 21.0 Å². The molecular weight excluding hydrogens is 412 g/mol. The first-order chi connectivity index (χ1) is 13.9. The van der Waals surface area contributed by atoms with Crippen LogP contribution in [-0.2, 0) is 13.1 Å². The van der Waals surface area contributed by atoms with E-state index in [4.69, 9.17) is 23.2 Å². The fourth-order valence-corrected chi connectivity index (χ4v) is 2.89. The Labute approximate surface area is 180 Å². The molecule has 0 saturated carbocycles. The zero-order valence-electron chi connectivity index (χ0n) is 16.1. The molecule has 4 nitrogen and oxygen atoms in total. The van der Waals surface area contributed by atoms with E-state index in [0.29, 0.717) is 16.3 Å². The van der Waals surface area contributed by atoms with Crippen LogP contribution < -0.4 is 0 Å². The zero-order valence-corrected chi connectivity index (χ0v) is 17.6. The Morgan fingerprint density at radius 3 is 2.59 bits per heavy atom. The molecule has 0 fully saturated rings. The van der Waals surface area contributed by atoms with Crippen molar-refractivity contribution in [3.05, 3.63) is 100 Å². The number of rotatable bonds is 7. The van der Waals surface area contributed by atoms with Crippen LogP contribution in [0, 0.1) is 5.82 Å². The number of likely N-dealkylation sites (N-methyl/N-ethyl adjacent to an activating group) is 1. The van der Waals surface area contributed by atoms with Crippen LogP contribution in [-0.4, -0.2) is 34.3 Å². The molecule has 0 aliphatic carbocycles.